The minimum absolute atomic E-state index is 0.0235. The first-order chi connectivity index (χ1) is 8.72. The van der Waals surface area contributed by atoms with Crippen LogP contribution >= 0.6 is 11.8 Å². The van der Waals surface area contributed by atoms with Gasteiger partial charge in [0, 0.05) is 36.5 Å². The van der Waals surface area contributed by atoms with Crippen molar-refractivity contribution in [3.63, 3.8) is 0 Å². The lowest BCUT2D eigenvalue weighted by Crippen LogP contribution is -2.31. The predicted molar refractivity (Wildman–Crippen MR) is 73.9 cm³/mol. The number of thioether (sulfide) groups is 1. The van der Waals surface area contributed by atoms with Crippen molar-refractivity contribution in [3.8, 4) is 0 Å². The molecule has 1 aromatic heterocycles. The first kappa shape index (κ1) is 15.0. The van der Waals surface area contributed by atoms with E-state index in [1.165, 1.54) is 0 Å². The Kier molecular flexibility index (Phi) is 6.75. The Morgan fingerprint density at radius 2 is 2.17 bits per heavy atom. The van der Waals surface area contributed by atoms with Crippen molar-refractivity contribution in [2.45, 2.75) is 25.2 Å². The molecule has 1 amide bonds. The van der Waals surface area contributed by atoms with Crippen LogP contribution in [-0.4, -0.2) is 46.3 Å². The van der Waals surface area contributed by atoms with Gasteiger partial charge in [0.2, 0.25) is 0 Å². The van der Waals surface area contributed by atoms with Gasteiger partial charge in [-0.3, -0.25) is 9.78 Å². The van der Waals surface area contributed by atoms with Gasteiger partial charge in [-0.15, -0.1) is 11.8 Å². The minimum atomic E-state index is -0.0235. The van der Waals surface area contributed by atoms with E-state index >= 15 is 0 Å². The molecule has 1 N–H and O–H groups in total. The molecule has 0 fully saturated rings. The maximum absolute atomic E-state index is 12.1. The fourth-order valence-corrected chi connectivity index (χ4v) is 2.41. The Hall–Kier alpha value is -1.07. The number of aromatic nitrogens is 1. The summed E-state index contributed by atoms with van der Waals surface area (Å²) in [4.78, 5) is 19.0. The molecule has 5 heteroatoms. The van der Waals surface area contributed by atoms with Gasteiger partial charge in [-0.25, -0.2) is 0 Å². The number of hydrogen-bond acceptors (Lipinski definition) is 4. The molecule has 100 valence electrons. The fraction of sp³-hybridized carbons (Fsp3) is 0.538. The Bertz CT molecular complexity index is 381. The van der Waals surface area contributed by atoms with Gasteiger partial charge in [-0.2, -0.15) is 0 Å². The second-order valence-electron chi connectivity index (χ2n) is 3.78. The molecule has 0 atom stereocenters. The van der Waals surface area contributed by atoms with Gasteiger partial charge in [0.15, 0.2) is 0 Å². The third-order valence-corrected chi connectivity index (χ3v) is 3.65. The highest BCUT2D eigenvalue weighted by molar-refractivity contribution is 7.99. The van der Waals surface area contributed by atoms with Crippen LogP contribution in [0.15, 0.2) is 23.2 Å². The molecule has 4 nitrogen and oxygen atoms in total. The molecule has 0 bridgehead atoms. The monoisotopic (exact) mass is 268 g/mol. The summed E-state index contributed by atoms with van der Waals surface area (Å²) in [6, 6.07) is 3.71. The van der Waals surface area contributed by atoms with Crippen molar-refractivity contribution < 1.29 is 9.90 Å². The van der Waals surface area contributed by atoms with Gasteiger partial charge in [0.1, 0.15) is 5.69 Å². The smallest absolute Gasteiger partial charge is 0.272 e. The highest BCUT2D eigenvalue weighted by Gasteiger charge is 2.13. The standard InChI is InChI=1S/C13H20N2O2S/c1-3-15(4-2)13(17)12-10-11(6-7-14-12)18-9-5-8-16/h6-7,10,16H,3-5,8-9H2,1-2H3. The lowest BCUT2D eigenvalue weighted by molar-refractivity contribution is 0.0767. The van der Waals surface area contributed by atoms with Crippen molar-refractivity contribution in [1.29, 1.82) is 0 Å². The number of aliphatic hydroxyl groups is 1. The van der Waals surface area contributed by atoms with Gasteiger partial charge < -0.3 is 10.0 Å². The van der Waals surface area contributed by atoms with Crippen LogP contribution in [0.2, 0.25) is 0 Å². The zero-order chi connectivity index (χ0) is 13.4. The zero-order valence-electron chi connectivity index (χ0n) is 10.9. The fourth-order valence-electron chi connectivity index (χ4n) is 1.55. The molecule has 0 saturated heterocycles. The lowest BCUT2D eigenvalue weighted by Gasteiger charge is -2.18. The zero-order valence-corrected chi connectivity index (χ0v) is 11.7. The van der Waals surface area contributed by atoms with Crippen molar-refractivity contribution in [2.24, 2.45) is 0 Å². The first-order valence-corrected chi connectivity index (χ1v) is 7.20. The minimum Gasteiger partial charge on any atom is -0.396 e. The van der Waals surface area contributed by atoms with E-state index in [0.717, 1.165) is 17.1 Å². The van der Waals surface area contributed by atoms with Gasteiger partial charge in [0.05, 0.1) is 0 Å². The average Bonchev–Trinajstić information content (AvgIpc) is 2.41. The van der Waals surface area contributed by atoms with E-state index in [-0.39, 0.29) is 12.5 Å². The molecule has 0 radical (unpaired) electrons. The van der Waals surface area contributed by atoms with Crippen molar-refractivity contribution in [1.82, 2.24) is 9.88 Å². The molecule has 0 unspecified atom stereocenters. The molecule has 0 saturated carbocycles. The molecule has 0 spiro atoms. The second kappa shape index (κ2) is 8.11. The summed E-state index contributed by atoms with van der Waals surface area (Å²) in [7, 11) is 0. The highest BCUT2D eigenvalue weighted by Crippen LogP contribution is 2.19. The van der Waals surface area contributed by atoms with Crippen molar-refractivity contribution in [3.05, 3.63) is 24.0 Å². The van der Waals surface area contributed by atoms with Crippen LogP contribution in [0.1, 0.15) is 30.8 Å². The average molecular weight is 268 g/mol. The van der Waals surface area contributed by atoms with Crippen LogP contribution in [0.5, 0.6) is 0 Å². The SMILES string of the molecule is CCN(CC)C(=O)c1cc(SCCCO)ccn1. The topological polar surface area (TPSA) is 53.4 Å². The number of aliphatic hydroxyl groups excluding tert-OH is 1. The van der Waals surface area contributed by atoms with E-state index in [0.29, 0.717) is 18.8 Å². The maximum atomic E-state index is 12.1. The van der Waals surface area contributed by atoms with Gasteiger partial charge in [-0.1, -0.05) is 0 Å². The summed E-state index contributed by atoms with van der Waals surface area (Å²) in [6.45, 7) is 5.50. The van der Waals surface area contributed by atoms with Crippen LogP contribution in [0.3, 0.4) is 0 Å². The normalized spacial score (nSPS) is 10.4. The van der Waals surface area contributed by atoms with Gasteiger partial charge in [0.25, 0.3) is 5.91 Å². The molecule has 1 aromatic rings. The van der Waals surface area contributed by atoms with E-state index in [1.807, 2.05) is 26.0 Å². The molecule has 18 heavy (non-hydrogen) atoms. The summed E-state index contributed by atoms with van der Waals surface area (Å²) in [5, 5.41) is 8.74. The van der Waals surface area contributed by atoms with Gasteiger partial charge >= 0.3 is 0 Å². The van der Waals surface area contributed by atoms with E-state index < -0.39 is 0 Å². The summed E-state index contributed by atoms with van der Waals surface area (Å²) >= 11 is 1.63. The van der Waals surface area contributed by atoms with Crippen LogP contribution in [0.25, 0.3) is 0 Å². The number of pyridine rings is 1. The largest absolute Gasteiger partial charge is 0.396 e. The molecular formula is C13H20N2O2S. The quantitative estimate of drug-likeness (QED) is 0.607. The molecule has 0 aliphatic carbocycles. The summed E-state index contributed by atoms with van der Waals surface area (Å²) < 4.78 is 0. The highest BCUT2D eigenvalue weighted by atomic mass is 32.2. The predicted octanol–water partition coefficient (Wildman–Crippen LogP) is 2.04. The summed E-state index contributed by atoms with van der Waals surface area (Å²) in [5.74, 6) is 0.823. The number of rotatable bonds is 7. The Balaban J connectivity index is 2.71. The summed E-state index contributed by atoms with van der Waals surface area (Å²) in [5.41, 5.74) is 0.493. The Labute approximate surface area is 112 Å². The number of carbonyl (C=O) groups is 1. The van der Waals surface area contributed by atoms with Crippen molar-refractivity contribution >= 4 is 17.7 Å². The lowest BCUT2D eigenvalue weighted by atomic mass is 10.3. The van der Waals surface area contributed by atoms with Crippen LogP contribution in [-0.2, 0) is 0 Å². The number of amides is 1. The first-order valence-electron chi connectivity index (χ1n) is 6.21. The third kappa shape index (κ3) is 4.31. The Morgan fingerprint density at radius 1 is 1.44 bits per heavy atom. The number of carbonyl (C=O) groups excluding carboxylic acids is 1. The third-order valence-electron chi connectivity index (χ3n) is 2.57. The van der Waals surface area contributed by atoms with Crippen LogP contribution in [0, 0.1) is 0 Å². The van der Waals surface area contributed by atoms with E-state index in [2.05, 4.69) is 4.98 Å². The van der Waals surface area contributed by atoms with Gasteiger partial charge in [-0.05, 0) is 32.4 Å². The maximum Gasteiger partial charge on any atom is 0.272 e. The summed E-state index contributed by atoms with van der Waals surface area (Å²) in [6.07, 6.45) is 2.42. The number of nitrogens with zero attached hydrogens (tertiary/aromatic N) is 2. The molecule has 0 aromatic carbocycles. The molecule has 0 aliphatic heterocycles. The number of hydrogen-bond donors (Lipinski definition) is 1. The van der Waals surface area contributed by atoms with Crippen molar-refractivity contribution in [2.75, 3.05) is 25.4 Å². The van der Waals surface area contributed by atoms with E-state index in [9.17, 15) is 4.79 Å². The van der Waals surface area contributed by atoms with Crippen LogP contribution in [0.4, 0.5) is 0 Å². The molecule has 0 aliphatic rings. The Morgan fingerprint density at radius 3 is 2.78 bits per heavy atom. The molecule has 1 rings (SSSR count). The molecular weight excluding hydrogens is 248 g/mol. The van der Waals surface area contributed by atoms with Crippen LogP contribution < -0.4 is 0 Å². The molecule has 1 heterocycles. The van der Waals surface area contributed by atoms with E-state index in [4.69, 9.17) is 5.11 Å². The second-order valence-corrected chi connectivity index (χ2v) is 4.95. The van der Waals surface area contributed by atoms with E-state index in [1.54, 1.807) is 22.9 Å².